The van der Waals surface area contributed by atoms with E-state index in [1.807, 2.05) is 30.3 Å². The first-order valence-electron chi connectivity index (χ1n) is 6.64. The van der Waals surface area contributed by atoms with Gasteiger partial charge in [0.1, 0.15) is 0 Å². The number of rotatable bonds is 9. The molecule has 0 aromatic heterocycles. The normalized spacial score (nSPS) is 13.4. The third-order valence-electron chi connectivity index (χ3n) is 3.01. The lowest BCUT2D eigenvalue weighted by Gasteiger charge is -2.15. The molecular formula is C14H22ClNO2S. The predicted octanol–water partition coefficient (Wildman–Crippen LogP) is 3.15. The maximum Gasteiger partial charge on any atom is 0.215 e. The Labute approximate surface area is 121 Å². The van der Waals surface area contributed by atoms with E-state index in [2.05, 4.69) is 11.6 Å². The molecule has 1 aromatic rings. The molecule has 1 aromatic carbocycles. The second kappa shape index (κ2) is 8.56. The summed E-state index contributed by atoms with van der Waals surface area (Å²) in [5.41, 5.74) is 0.805. The number of nitrogens with one attached hydrogen (secondary N) is 1. The summed E-state index contributed by atoms with van der Waals surface area (Å²) in [6.45, 7) is 2.58. The lowest BCUT2D eigenvalue weighted by Crippen LogP contribution is -2.30. The average Bonchev–Trinajstić information content (AvgIpc) is 2.37. The van der Waals surface area contributed by atoms with E-state index in [0.717, 1.165) is 24.8 Å². The van der Waals surface area contributed by atoms with Gasteiger partial charge in [-0.3, -0.25) is 0 Å². The monoisotopic (exact) mass is 303 g/mol. The highest BCUT2D eigenvalue weighted by Crippen LogP contribution is 2.12. The molecule has 0 radical (unpaired) electrons. The Morgan fingerprint density at radius 2 is 1.89 bits per heavy atom. The number of halogens is 1. The van der Waals surface area contributed by atoms with E-state index < -0.39 is 10.0 Å². The van der Waals surface area contributed by atoms with Crippen LogP contribution in [0.5, 0.6) is 0 Å². The van der Waals surface area contributed by atoms with Crippen LogP contribution in [0.1, 0.15) is 31.7 Å². The van der Waals surface area contributed by atoms with E-state index in [1.54, 1.807) is 0 Å². The zero-order valence-corrected chi connectivity index (χ0v) is 12.9. The summed E-state index contributed by atoms with van der Waals surface area (Å²) in [6.07, 6.45) is 2.89. The van der Waals surface area contributed by atoms with Gasteiger partial charge in [0.25, 0.3) is 0 Å². The van der Waals surface area contributed by atoms with E-state index in [0.29, 0.717) is 18.3 Å². The Morgan fingerprint density at radius 1 is 1.21 bits per heavy atom. The molecule has 0 heterocycles. The molecular weight excluding hydrogens is 282 g/mol. The van der Waals surface area contributed by atoms with Crippen LogP contribution in [0.4, 0.5) is 0 Å². The number of hydrogen-bond donors (Lipinski definition) is 1. The third kappa shape index (κ3) is 6.95. The Kier molecular flexibility index (Phi) is 7.42. The summed E-state index contributed by atoms with van der Waals surface area (Å²) in [6, 6.07) is 9.21. The molecule has 1 rings (SSSR count). The van der Waals surface area contributed by atoms with Crippen molar-refractivity contribution in [3.05, 3.63) is 35.9 Å². The van der Waals surface area contributed by atoms with Gasteiger partial charge in [-0.25, -0.2) is 13.1 Å². The highest BCUT2D eigenvalue weighted by molar-refractivity contribution is 7.88. The summed E-state index contributed by atoms with van der Waals surface area (Å²) in [5, 5.41) is 0. The zero-order valence-electron chi connectivity index (χ0n) is 11.3. The van der Waals surface area contributed by atoms with Crippen molar-refractivity contribution < 1.29 is 8.42 Å². The lowest BCUT2D eigenvalue weighted by molar-refractivity contribution is 0.457. The van der Waals surface area contributed by atoms with Crippen molar-refractivity contribution in [1.82, 2.24) is 4.72 Å². The Balaban J connectivity index is 2.50. The van der Waals surface area contributed by atoms with E-state index >= 15 is 0 Å². The zero-order chi connectivity index (χ0) is 14.1. The Morgan fingerprint density at radius 3 is 2.47 bits per heavy atom. The second-order valence-electron chi connectivity index (χ2n) is 4.73. The molecule has 3 nitrogen and oxygen atoms in total. The minimum atomic E-state index is -3.26. The Bertz CT molecular complexity index is 442. The lowest BCUT2D eigenvalue weighted by atomic mass is 10.0. The standard InChI is InChI=1S/C14H22ClNO2S/c1-2-6-13(9-10-15)11-16-19(17,18)12-14-7-4-3-5-8-14/h3-5,7-8,13,16H,2,6,9-12H2,1H3. The smallest absolute Gasteiger partial charge is 0.215 e. The van der Waals surface area contributed by atoms with Crippen LogP contribution in [0.2, 0.25) is 0 Å². The molecule has 108 valence electrons. The minimum Gasteiger partial charge on any atom is -0.215 e. The highest BCUT2D eigenvalue weighted by atomic mass is 35.5. The van der Waals surface area contributed by atoms with Crippen molar-refractivity contribution in [3.63, 3.8) is 0 Å². The molecule has 5 heteroatoms. The fourth-order valence-electron chi connectivity index (χ4n) is 2.00. The van der Waals surface area contributed by atoms with Crippen molar-refractivity contribution in [2.24, 2.45) is 5.92 Å². The van der Waals surface area contributed by atoms with Crippen LogP contribution in [0.25, 0.3) is 0 Å². The molecule has 0 aliphatic rings. The van der Waals surface area contributed by atoms with Crippen LogP contribution in [-0.2, 0) is 15.8 Å². The van der Waals surface area contributed by atoms with Crippen molar-refractivity contribution >= 4 is 21.6 Å². The predicted molar refractivity (Wildman–Crippen MR) is 80.8 cm³/mol. The van der Waals surface area contributed by atoms with Gasteiger partial charge in [0, 0.05) is 12.4 Å². The van der Waals surface area contributed by atoms with Crippen LogP contribution in [0, 0.1) is 5.92 Å². The van der Waals surface area contributed by atoms with E-state index in [9.17, 15) is 8.42 Å². The SMILES string of the molecule is CCCC(CCCl)CNS(=O)(=O)Cc1ccccc1. The molecule has 0 fully saturated rings. The Hall–Kier alpha value is -0.580. The van der Waals surface area contributed by atoms with Gasteiger partial charge in [0.15, 0.2) is 0 Å². The van der Waals surface area contributed by atoms with Gasteiger partial charge < -0.3 is 0 Å². The van der Waals surface area contributed by atoms with Gasteiger partial charge >= 0.3 is 0 Å². The van der Waals surface area contributed by atoms with E-state index in [1.165, 1.54) is 0 Å². The van der Waals surface area contributed by atoms with Gasteiger partial charge in [0.05, 0.1) is 5.75 Å². The van der Waals surface area contributed by atoms with Crippen LogP contribution in [-0.4, -0.2) is 20.8 Å². The van der Waals surface area contributed by atoms with Crippen LogP contribution < -0.4 is 4.72 Å². The number of sulfonamides is 1. The quantitative estimate of drug-likeness (QED) is 0.712. The number of benzene rings is 1. The molecule has 1 N–H and O–H groups in total. The van der Waals surface area contributed by atoms with E-state index in [4.69, 9.17) is 11.6 Å². The fraction of sp³-hybridized carbons (Fsp3) is 0.571. The summed E-state index contributed by atoms with van der Waals surface area (Å²) >= 11 is 5.73. The van der Waals surface area contributed by atoms with Gasteiger partial charge in [0.2, 0.25) is 10.0 Å². The molecule has 0 bridgehead atoms. The van der Waals surface area contributed by atoms with Gasteiger partial charge in [-0.05, 0) is 24.3 Å². The number of hydrogen-bond acceptors (Lipinski definition) is 2. The first-order valence-corrected chi connectivity index (χ1v) is 8.83. The molecule has 0 amide bonds. The summed E-state index contributed by atoms with van der Waals surface area (Å²) < 4.78 is 26.6. The molecule has 0 aliphatic heterocycles. The highest BCUT2D eigenvalue weighted by Gasteiger charge is 2.14. The molecule has 0 aliphatic carbocycles. The van der Waals surface area contributed by atoms with Crippen LogP contribution in [0.3, 0.4) is 0 Å². The maximum atomic E-state index is 12.0. The van der Waals surface area contributed by atoms with Crippen molar-refractivity contribution in [1.29, 1.82) is 0 Å². The van der Waals surface area contributed by atoms with Gasteiger partial charge in [-0.2, -0.15) is 0 Å². The molecule has 1 atom stereocenters. The van der Waals surface area contributed by atoms with Gasteiger partial charge in [-0.1, -0.05) is 43.7 Å². The van der Waals surface area contributed by atoms with Crippen molar-refractivity contribution in [3.8, 4) is 0 Å². The van der Waals surface area contributed by atoms with Crippen molar-refractivity contribution in [2.45, 2.75) is 31.9 Å². The first kappa shape index (κ1) is 16.5. The number of alkyl halides is 1. The second-order valence-corrected chi connectivity index (χ2v) is 6.91. The van der Waals surface area contributed by atoms with Crippen LogP contribution >= 0.6 is 11.6 Å². The molecule has 0 saturated heterocycles. The maximum absolute atomic E-state index is 12.0. The van der Waals surface area contributed by atoms with Crippen LogP contribution in [0.15, 0.2) is 30.3 Å². The topological polar surface area (TPSA) is 46.2 Å². The molecule has 1 unspecified atom stereocenters. The fourth-order valence-corrected chi connectivity index (χ4v) is 3.53. The minimum absolute atomic E-state index is 0.0353. The van der Waals surface area contributed by atoms with E-state index in [-0.39, 0.29) is 5.75 Å². The third-order valence-corrected chi connectivity index (χ3v) is 4.54. The molecule has 0 spiro atoms. The summed E-state index contributed by atoms with van der Waals surface area (Å²) in [7, 11) is -3.26. The van der Waals surface area contributed by atoms with Gasteiger partial charge in [-0.15, -0.1) is 11.6 Å². The van der Waals surface area contributed by atoms with Crippen molar-refractivity contribution in [2.75, 3.05) is 12.4 Å². The summed E-state index contributed by atoms with van der Waals surface area (Å²) in [5.74, 6) is 0.937. The molecule has 19 heavy (non-hydrogen) atoms. The summed E-state index contributed by atoms with van der Waals surface area (Å²) in [4.78, 5) is 0. The molecule has 0 saturated carbocycles. The average molecular weight is 304 g/mol. The largest absolute Gasteiger partial charge is 0.215 e. The first-order chi connectivity index (χ1) is 9.07.